The van der Waals surface area contributed by atoms with Gasteiger partial charge < -0.3 is 14.4 Å². The minimum Gasteiger partial charge on any atom is -0.497 e. The van der Waals surface area contributed by atoms with Gasteiger partial charge in [-0.3, -0.25) is 0 Å². The summed E-state index contributed by atoms with van der Waals surface area (Å²) in [4.78, 5) is 1.82. The van der Waals surface area contributed by atoms with Gasteiger partial charge in [0.15, 0.2) is 6.19 Å². The zero-order valence-corrected chi connectivity index (χ0v) is 10.4. The van der Waals surface area contributed by atoms with Crippen molar-refractivity contribution >= 4 is 0 Å². The summed E-state index contributed by atoms with van der Waals surface area (Å²) < 4.78 is 11.2. The van der Waals surface area contributed by atoms with Crippen molar-refractivity contribution in [3.05, 3.63) is 29.3 Å². The van der Waals surface area contributed by atoms with E-state index >= 15 is 0 Å². The number of nitriles is 1. The van der Waals surface area contributed by atoms with E-state index in [-0.39, 0.29) is 12.0 Å². The minimum absolute atomic E-state index is 0.245. The zero-order valence-electron chi connectivity index (χ0n) is 10.4. The summed E-state index contributed by atoms with van der Waals surface area (Å²) in [7, 11) is 1.68. The lowest BCUT2D eigenvalue weighted by atomic mass is 9.83. The lowest BCUT2D eigenvalue weighted by Crippen LogP contribution is -2.42. The Balaban J connectivity index is 1.96. The number of ether oxygens (including phenoxy) is 2. The van der Waals surface area contributed by atoms with Crippen molar-refractivity contribution in [3.8, 4) is 11.9 Å². The van der Waals surface area contributed by atoms with Crippen LogP contribution in [-0.4, -0.2) is 31.2 Å². The van der Waals surface area contributed by atoms with Crippen LogP contribution in [-0.2, 0) is 11.3 Å². The highest BCUT2D eigenvalue weighted by Crippen LogP contribution is 2.37. The molecule has 3 rings (SSSR count). The first-order valence-electron chi connectivity index (χ1n) is 6.25. The van der Waals surface area contributed by atoms with Crippen molar-refractivity contribution in [1.82, 2.24) is 4.90 Å². The molecule has 0 amide bonds. The third kappa shape index (κ3) is 1.81. The average molecular weight is 244 g/mol. The van der Waals surface area contributed by atoms with Gasteiger partial charge in [0, 0.05) is 19.0 Å². The van der Waals surface area contributed by atoms with Crippen LogP contribution in [0.4, 0.5) is 0 Å². The molecule has 2 atom stereocenters. The predicted octanol–water partition coefficient (Wildman–Crippen LogP) is 1.86. The molecule has 0 bridgehead atoms. The Kier molecular flexibility index (Phi) is 2.85. The SMILES string of the molecule is COc1ccc2c(c1)[C@H]1CN(C#N)CC[C@@H]1OC2. The lowest BCUT2D eigenvalue weighted by Gasteiger charge is -2.40. The summed E-state index contributed by atoms with van der Waals surface area (Å²) in [6, 6.07) is 6.12. The fraction of sp³-hybridized carbons (Fsp3) is 0.500. The molecule has 2 aliphatic heterocycles. The van der Waals surface area contributed by atoms with E-state index < -0.39 is 0 Å². The number of hydrogen-bond donors (Lipinski definition) is 0. The molecule has 0 aliphatic carbocycles. The van der Waals surface area contributed by atoms with Gasteiger partial charge >= 0.3 is 0 Å². The van der Waals surface area contributed by atoms with E-state index in [0.717, 1.165) is 25.3 Å². The fourth-order valence-corrected chi connectivity index (χ4v) is 2.89. The molecule has 0 N–H and O–H groups in total. The van der Waals surface area contributed by atoms with E-state index in [0.29, 0.717) is 6.61 Å². The molecule has 1 aromatic rings. The Bertz CT molecular complexity index is 495. The van der Waals surface area contributed by atoms with Crippen molar-refractivity contribution < 1.29 is 9.47 Å². The second kappa shape index (κ2) is 4.51. The van der Waals surface area contributed by atoms with Crippen LogP contribution in [0.15, 0.2) is 18.2 Å². The summed E-state index contributed by atoms with van der Waals surface area (Å²) in [5.74, 6) is 1.17. The van der Waals surface area contributed by atoms with Gasteiger partial charge in [0.25, 0.3) is 0 Å². The van der Waals surface area contributed by atoms with E-state index in [1.807, 2.05) is 11.0 Å². The topological polar surface area (TPSA) is 45.5 Å². The number of benzene rings is 1. The van der Waals surface area contributed by atoms with Crippen molar-refractivity contribution in [2.45, 2.75) is 25.0 Å². The maximum absolute atomic E-state index is 9.04. The van der Waals surface area contributed by atoms with Gasteiger partial charge in [0.05, 0.1) is 19.8 Å². The Morgan fingerprint density at radius 2 is 2.39 bits per heavy atom. The molecule has 0 saturated carbocycles. The molecule has 2 heterocycles. The second-order valence-corrected chi connectivity index (χ2v) is 4.86. The summed E-state index contributed by atoms with van der Waals surface area (Å²) in [5, 5.41) is 9.04. The van der Waals surface area contributed by atoms with Crippen LogP contribution in [0.5, 0.6) is 5.75 Å². The molecule has 18 heavy (non-hydrogen) atoms. The number of hydrogen-bond acceptors (Lipinski definition) is 4. The second-order valence-electron chi connectivity index (χ2n) is 4.86. The van der Waals surface area contributed by atoms with Gasteiger partial charge in [-0.15, -0.1) is 0 Å². The van der Waals surface area contributed by atoms with Gasteiger partial charge in [-0.2, -0.15) is 5.26 Å². The van der Waals surface area contributed by atoms with Gasteiger partial charge in [0.2, 0.25) is 0 Å². The number of fused-ring (bicyclic) bond motifs is 3. The maximum Gasteiger partial charge on any atom is 0.179 e. The number of rotatable bonds is 1. The van der Waals surface area contributed by atoms with Crippen molar-refractivity contribution in [3.63, 3.8) is 0 Å². The molecule has 1 saturated heterocycles. The molecule has 1 fully saturated rings. The van der Waals surface area contributed by atoms with Crippen molar-refractivity contribution in [2.24, 2.45) is 0 Å². The first-order valence-corrected chi connectivity index (χ1v) is 6.25. The van der Waals surface area contributed by atoms with Crippen LogP contribution in [0.1, 0.15) is 23.5 Å². The highest BCUT2D eigenvalue weighted by atomic mass is 16.5. The fourth-order valence-electron chi connectivity index (χ4n) is 2.89. The van der Waals surface area contributed by atoms with E-state index in [1.54, 1.807) is 7.11 Å². The van der Waals surface area contributed by atoms with E-state index in [9.17, 15) is 0 Å². The number of piperidine rings is 1. The molecule has 0 radical (unpaired) electrons. The zero-order chi connectivity index (χ0) is 12.5. The molecule has 0 spiro atoms. The summed E-state index contributed by atoms with van der Waals surface area (Å²) in [5.41, 5.74) is 2.50. The van der Waals surface area contributed by atoms with E-state index in [2.05, 4.69) is 18.3 Å². The van der Waals surface area contributed by atoms with Crippen LogP contribution < -0.4 is 4.74 Å². The Morgan fingerprint density at radius 1 is 1.50 bits per heavy atom. The molecule has 4 nitrogen and oxygen atoms in total. The van der Waals surface area contributed by atoms with Crippen LogP contribution >= 0.6 is 0 Å². The molecule has 1 aromatic carbocycles. The molecule has 0 aromatic heterocycles. The largest absolute Gasteiger partial charge is 0.497 e. The Labute approximate surface area is 107 Å². The summed E-state index contributed by atoms with van der Waals surface area (Å²) in [6.07, 6.45) is 3.41. The van der Waals surface area contributed by atoms with Crippen molar-refractivity contribution in [2.75, 3.05) is 20.2 Å². The van der Waals surface area contributed by atoms with E-state index in [1.165, 1.54) is 11.1 Å². The van der Waals surface area contributed by atoms with Crippen LogP contribution in [0.3, 0.4) is 0 Å². The average Bonchev–Trinajstić information content (AvgIpc) is 2.45. The standard InChI is InChI=1S/C14H16N2O2/c1-17-11-3-2-10-8-18-14-4-5-16(9-15)7-13(14)12(10)6-11/h2-3,6,13-14H,4-5,7-8H2,1H3/t13-,14+/m1/s1. The molecule has 0 unspecified atom stereocenters. The monoisotopic (exact) mass is 244 g/mol. The smallest absolute Gasteiger partial charge is 0.179 e. The van der Waals surface area contributed by atoms with Crippen LogP contribution in [0.2, 0.25) is 0 Å². The number of likely N-dealkylation sites (tertiary alicyclic amines) is 1. The highest BCUT2D eigenvalue weighted by molar-refractivity contribution is 5.40. The molecular weight excluding hydrogens is 228 g/mol. The lowest BCUT2D eigenvalue weighted by molar-refractivity contribution is -0.0223. The third-order valence-corrected chi connectivity index (χ3v) is 3.90. The Morgan fingerprint density at radius 3 is 3.17 bits per heavy atom. The first kappa shape index (κ1) is 11.4. The highest BCUT2D eigenvalue weighted by Gasteiger charge is 2.35. The summed E-state index contributed by atoms with van der Waals surface area (Å²) >= 11 is 0. The minimum atomic E-state index is 0.245. The van der Waals surface area contributed by atoms with Gasteiger partial charge in [-0.1, -0.05) is 6.07 Å². The van der Waals surface area contributed by atoms with E-state index in [4.69, 9.17) is 14.7 Å². The normalized spacial score (nSPS) is 25.9. The van der Waals surface area contributed by atoms with Crippen LogP contribution in [0.25, 0.3) is 0 Å². The van der Waals surface area contributed by atoms with Gasteiger partial charge in [-0.25, -0.2) is 0 Å². The molecule has 94 valence electrons. The first-order chi connectivity index (χ1) is 8.81. The predicted molar refractivity (Wildman–Crippen MR) is 66.1 cm³/mol. The number of methoxy groups -OCH3 is 1. The maximum atomic E-state index is 9.04. The number of nitrogens with zero attached hydrogens (tertiary/aromatic N) is 2. The van der Waals surface area contributed by atoms with Gasteiger partial charge in [0.1, 0.15) is 5.75 Å². The van der Waals surface area contributed by atoms with Crippen molar-refractivity contribution in [1.29, 1.82) is 5.26 Å². The molecule has 4 heteroatoms. The third-order valence-electron chi connectivity index (χ3n) is 3.90. The van der Waals surface area contributed by atoms with Gasteiger partial charge in [-0.05, 0) is 29.7 Å². The van der Waals surface area contributed by atoms with Crippen LogP contribution in [0, 0.1) is 11.5 Å². The quantitative estimate of drug-likeness (QED) is 0.707. The Hall–Kier alpha value is -1.73. The molecular formula is C14H16N2O2. The molecule has 2 aliphatic rings. The summed E-state index contributed by atoms with van der Waals surface area (Å²) in [6.45, 7) is 2.23.